The molecule has 1 aromatic carbocycles. The van der Waals surface area contributed by atoms with Gasteiger partial charge in [-0.1, -0.05) is 18.5 Å². The van der Waals surface area contributed by atoms with Crippen LogP contribution in [0.25, 0.3) is 0 Å². The highest BCUT2D eigenvalue weighted by Gasteiger charge is 2.22. The van der Waals surface area contributed by atoms with Crippen molar-refractivity contribution < 1.29 is 4.79 Å². The fourth-order valence-corrected chi connectivity index (χ4v) is 3.34. The number of halogens is 1. The van der Waals surface area contributed by atoms with Crippen molar-refractivity contribution in [2.45, 2.75) is 38.6 Å². The van der Waals surface area contributed by atoms with Crippen LogP contribution in [-0.2, 0) is 0 Å². The number of amides is 1. The predicted molar refractivity (Wildman–Crippen MR) is 98.9 cm³/mol. The molecule has 1 amide bonds. The van der Waals surface area contributed by atoms with Gasteiger partial charge in [0.05, 0.1) is 17.4 Å². The van der Waals surface area contributed by atoms with Gasteiger partial charge in [-0.3, -0.25) is 9.78 Å². The third kappa shape index (κ3) is 3.88. The van der Waals surface area contributed by atoms with E-state index in [2.05, 4.69) is 22.1 Å². The Morgan fingerprint density at radius 3 is 2.83 bits per heavy atom. The van der Waals surface area contributed by atoms with Crippen molar-refractivity contribution in [1.29, 1.82) is 0 Å². The Labute approximate surface area is 147 Å². The van der Waals surface area contributed by atoms with Gasteiger partial charge in [0.15, 0.2) is 0 Å². The molecule has 1 saturated heterocycles. The molecule has 2 heterocycles. The maximum absolute atomic E-state index is 12.5. The Hall–Kier alpha value is -2.07. The topological polar surface area (TPSA) is 45.2 Å². The second kappa shape index (κ2) is 7.67. The van der Waals surface area contributed by atoms with Crippen molar-refractivity contribution in [3.8, 4) is 0 Å². The van der Waals surface area contributed by atoms with Crippen LogP contribution in [0.5, 0.6) is 0 Å². The molecule has 4 nitrogen and oxygen atoms in total. The van der Waals surface area contributed by atoms with Crippen molar-refractivity contribution in [1.82, 2.24) is 4.98 Å². The third-order valence-electron chi connectivity index (χ3n) is 4.52. The summed E-state index contributed by atoms with van der Waals surface area (Å²) in [5.41, 5.74) is 2.33. The van der Waals surface area contributed by atoms with Gasteiger partial charge in [-0.25, -0.2) is 0 Å². The number of nitrogens with one attached hydrogen (secondary N) is 1. The van der Waals surface area contributed by atoms with E-state index in [1.54, 1.807) is 30.5 Å². The minimum absolute atomic E-state index is 0.156. The lowest BCUT2D eigenvalue weighted by Crippen LogP contribution is -2.39. The van der Waals surface area contributed by atoms with Crippen molar-refractivity contribution in [2.75, 3.05) is 16.8 Å². The summed E-state index contributed by atoms with van der Waals surface area (Å²) in [5.74, 6) is -0.156. The summed E-state index contributed by atoms with van der Waals surface area (Å²) >= 11 is 5.87. The van der Waals surface area contributed by atoms with E-state index in [4.69, 9.17) is 11.6 Å². The van der Waals surface area contributed by atoms with Crippen LogP contribution in [0.1, 0.15) is 43.0 Å². The average molecular weight is 344 g/mol. The van der Waals surface area contributed by atoms with E-state index in [0.717, 1.165) is 24.3 Å². The molecule has 0 spiro atoms. The average Bonchev–Trinajstić information content (AvgIpc) is 2.63. The van der Waals surface area contributed by atoms with E-state index >= 15 is 0 Å². The highest BCUT2D eigenvalue weighted by Crippen LogP contribution is 2.26. The first-order valence-corrected chi connectivity index (χ1v) is 8.84. The van der Waals surface area contributed by atoms with Crippen LogP contribution in [0, 0.1) is 0 Å². The summed E-state index contributed by atoms with van der Waals surface area (Å²) in [6.45, 7) is 3.25. The molecule has 1 N–H and O–H groups in total. The summed E-state index contributed by atoms with van der Waals surface area (Å²) in [6, 6.07) is 9.56. The second-order valence-electron chi connectivity index (χ2n) is 6.14. The first-order valence-electron chi connectivity index (χ1n) is 8.46. The molecular formula is C19H22ClN3O. The Bertz CT molecular complexity index is 702. The molecule has 1 aromatic heterocycles. The molecule has 0 radical (unpaired) electrons. The number of nitrogens with zero attached hydrogens (tertiary/aromatic N) is 2. The third-order valence-corrected chi connectivity index (χ3v) is 4.77. The van der Waals surface area contributed by atoms with Crippen LogP contribution in [-0.4, -0.2) is 23.5 Å². The van der Waals surface area contributed by atoms with Crippen LogP contribution in [0.15, 0.2) is 42.7 Å². The Balaban J connectivity index is 1.76. The van der Waals surface area contributed by atoms with Gasteiger partial charge < -0.3 is 10.2 Å². The lowest BCUT2D eigenvalue weighted by atomic mass is 9.99. The number of rotatable bonds is 4. The normalized spacial score (nSPS) is 17.6. The van der Waals surface area contributed by atoms with Crippen molar-refractivity contribution in [3.63, 3.8) is 0 Å². The van der Waals surface area contributed by atoms with Crippen molar-refractivity contribution in [3.05, 3.63) is 53.3 Å². The van der Waals surface area contributed by atoms with E-state index in [0.29, 0.717) is 16.6 Å². The van der Waals surface area contributed by atoms with Gasteiger partial charge in [0.1, 0.15) is 0 Å². The maximum Gasteiger partial charge on any atom is 0.257 e. The second-order valence-corrected chi connectivity index (χ2v) is 6.58. The van der Waals surface area contributed by atoms with Crippen molar-refractivity contribution in [2.24, 2.45) is 0 Å². The molecule has 0 saturated carbocycles. The van der Waals surface area contributed by atoms with E-state index in [1.807, 2.05) is 12.3 Å². The number of carbonyl (C=O) groups is 1. The highest BCUT2D eigenvalue weighted by atomic mass is 35.5. The van der Waals surface area contributed by atoms with Crippen LogP contribution >= 0.6 is 11.6 Å². The highest BCUT2D eigenvalue weighted by molar-refractivity contribution is 6.30. The van der Waals surface area contributed by atoms with Gasteiger partial charge in [0, 0.05) is 29.5 Å². The Morgan fingerprint density at radius 1 is 1.29 bits per heavy atom. The summed E-state index contributed by atoms with van der Waals surface area (Å²) in [6.07, 6.45) is 8.25. The first-order chi connectivity index (χ1) is 11.7. The molecule has 126 valence electrons. The largest absolute Gasteiger partial charge is 0.367 e. The van der Waals surface area contributed by atoms with Gasteiger partial charge >= 0.3 is 0 Å². The molecule has 0 bridgehead atoms. The van der Waals surface area contributed by atoms with Gasteiger partial charge in [-0.15, -0.1) is 0 Å². The van der Waals surface area contributed by atoms with E-state index in [-0.39, 0.29) is 5.91 Å². The van der Waals surface area contributed by atoms with E-state index in [1.165, 1.54) is 19.3 Å². The molecule has 1 aliphatic rings. The quantitative estimate of drug-likeness (QED) is 0.870. The number of carbonyl (C=O) groups excluding carboxylic acids is 1. The molecule has 1 fully saturated rings. The monoisotopic (exact) mass is 343 g/mol. The molecule has 0 aliphatic carbocycles. The molecule has 1 unspecified atom stereocenters. The fourth-order valence-electron chi connectivity index (χ4n) is 3.21. The lowest BCUT2D eigenvalue weighted by molar-refractivity contribution is 0.102. The maximum atomic E-state index is 12.5. The molecule has 1 atom stereocenters. The molecule has 2 aromatic rings. The van der Waals surface area contributed by atoms with Gasteiger partial charge in [-0.2, -0.15) is 0 Å². The lowest BCUT2D eigenvalue weighted by Gasteiger charge is -2.37. The van der Waals surface area contributed by atoms with Crippen LogP contribution in [0.4, 0.5) is 11.4 Å². The van der Waals surface area contributed by atoms with Crippen LogP contribution in [0.2, 0.25) is 5.02 Å². The molecule has 3 rings (SSSR count). The van der Waals surface area contributed by atoms with Crippen molar-refractivity contribution >= 4 is 28.9 Å². The smallest absolute Gasteiger partial charge is 0.257 e. The number of piperidine rings is 1. The number of hydrogen-bond acceptors (Lipinski definition) is 3. The molecule has 1 aliphatic heterocycles. The summed E-state index contributed by atoms with van der Waals surface area (Å²) in [4.78, 5) is 19.1. The first kappa shape index (κ1) is 16.8. The SMILES string of the molecule is CCC1CCCCN1c1cncc(C(=O)Nc2ccc(Cl)cc2)c1. The minimum atomic E-state index is -0.156. The van der Waals surface area contributed by atoms with Crippen LogP contribution in [0.3, 0.4) is 0 Å². The Morgan fingerprint density at radius 2 is 2.08 bits per heavy atom. The fraction of sp³-hybridized carbons (Fsp3) is 0.368. The zero-order chi connectivity index (χ0) is 16.9. The molecular weight excluding hydrogens is 322 g/mol. The molecule has 5 heteroatoms. The number of pyridine rings is 1. The van der Waals surface area contributed by atoms with Crippen LogP contribution < -0.4 is 10.2 Å². The molecule has 24 heavy (non-hydrogen) atoms. The van der Waals surface area contributed by atoms with Gasteiger partial charge in [0.2, 0.25) is 0 Å². The standard InChI is InChI=1S/C19H22ClN3O/c1-2-17-5-3-4-10-23(17)18-11-14(12-21-13-18)19(24)22-16-8-6-15(20)7-9-16/h6-9,11-13,17H,2-5,10H2,1H3,(H,22,24). The van der Waals surface area contributed by atoms with Gasteiger partial charge in [0.25, 0.3) is 5.91 Å². The Kier molecular flexibility index (Phi) is 5.36. The zero-order valence-corrected chi connectivity index (χ0v) is 14.6. The number of hydrogen-bond donors (Lipinski definition) is 1. The zero-order valence-electron chi connectivity index (χ0n) is 13.8. The van der Waals surface area contributed by atoms with E-state index in [9.17, 15) is 4.79 Å². The summed E-state index contributed by atoms with van der Waals surface area (Å²) in [5, 5.41) is 3.53. The predicted octanol–water partition coefficient (Wildman–Crippen LogP) is 4.76. The number of aromatic nitrogens is 1. The summed E-state index contributed by atoms with van der Waals surface area (Å²) < 4.78 is 0. The summed E-state index contributed by atoms with van der Waals surface area (Å²) in [7, 11) is 0. The van der Waals surface area contributed by atoms with Gasteiger partial charge in [-0.05, 0) is 56.0 Å². The number of anilines is 2. The number of benzene rings is 1. The van der Waals surface area contributed by atoms with E-state index < -0.39 is 0 Å². The minimum Gasteiger partial charge on any atom is -0.367 e.